The number of benzene rings is 1. The number of halogens is 1. The summed E-state index contributed by atoms with van der Waals surface area (Å²) in [5.74, 6) is 7.90. The monoisotopic (exact) mass is 534 g/mol. The van der Waals surface area contributed by atoms with E-state index in [2.05, 4.69) is 33.3 Å². The van der Waals surface area contributed by atoms with Gasteiger partial charge >= 0.3 is 0 Å². The van der Waals surface area contributed by atoms with Crippen molar-refractivity contribution >= 4 is 34.4 Å². The van der Waals surface area contributed by atoms with E-state index in [1.54, 1.807) is 18.1 Å². The van der Waals surface area contributed by atoms with Crippen molar-refractivity contribution in [3.63, 3.8) is 0 Å². The van der Waals surface area contributed by atoms with Crippen molar-refractivity contribution in [1.29, 1.82) is 0 Å². The van der Waals surface area contributed by atoms with Crippen LogP contribution in [0, 0.1) is 17.8 Å². The van der Waals surface area contributed by atoms with Crippen molar-refractivity contribution in [3.8, 4) is 28.7 Å². The van der Waals surface area contributed by atoms with Gasteiger partial charge in [0, 0.05) is 44.2 Å². The van der Waals surface area contributed by atoms with E-state index in [1.807, 2.05) is 23.7 Å². The fraction of sp³-hybridized carbons (Fsp3) is 0.393. The van der Waals surface area contributed by atoms with Gasteiger partial charge in [0.15, 0.2) is 0 Å². The van der Waals surface area contributed by atoms with Crippen LogP contribution in [0.3, 0.4) is 0 Å². The lowest BCUT2D eigenvalue weighted by Gasteiger charge is -2.48. The second kappa shape index (κ2) is 10.7. The van der Waals surface area contributed by atoms with Crippen LogP contribution >= 0.6 is 11.6 Å². The predicted molar refractivity (Wildman–Crippen MR) is 148 cm³/mol. The number of piperidine rings is 1. The number of amides is 1. The first-order chi connectivity index (χ1) is 18.4. The fourth-order valence-corrected chi connectivity index (χ4v) is 5.73. The molecule has 2 aromatic heterocycles. The SMILES string of the molecule is C=CC(=O)N1CCC(N2CC(C#Cc3c(-c4ccc(Cl)c(OC)c4)c4c(N)ncnc4n3C)C2)C[C@H]1CO. The lowest BCUT2D eigenvalue weighted by molar-refractivity contribution is -0.132. The molecule has 4 heterocycles. The number of carbonyl (C=O) groups excluding carboxylic acids is 1. The van der Waals surface area contributed by atoms with E-state index in [1.165, 1.54) is 12.4 Å². The molecule has 2 saturated heterocycles. The third-order valence-electron chi connectivity index (χ3n) is 7.61. The molecule has 1 aromatic carbocycles. The second-order valence-electron chi connectivity index (χ2n) is 9.76. The van der Waals surface area contributed by atoms with Gasteiger partial charge < -0.3 is 25.0 Å². The van der Waals surface area contributed by atoms with Gasteiger partial charge in [-0.1, -0.05) is 30.2 Å². The molecule has 2 aliphatic rings. The number of likely N-dealkylation sites (tertiary alicyclic amines) is 2. The van der Waals surface area contributed by atoms with E-state index in [-0.39, 0.29) is 24.5 Å². The average Bonchev–Trinajstić information content (AvgIpc) is 3.20. The van der Waals surface area contributed by atoms with E-state index in [0.717, 1.165) is 48.1 Å². The maximum atomic E-state index is 12.1. The normalized spacial score (nSPS) is 20.1. The number of nitrogen functional groups attached to an aromatic ring is 1. The van der Waals surface area contributed by atoms with Crippen LogP contribution in [0.1, 0.15) is 18.5 Å². The number of fused-ring (bicyclic) bond motifs is 1. The van der Waals surface area contributed by atoms with Crippen molar-refractivity contribution in [2.24, 2.45) is 13.0 Å². The zero-order chi connectivity index (χ0) is 27.0. The molecule has 3 N–H and O–H groups in total. The number of hydrogen-bond acceptors (Lipinski definition) is 7. The van der Waals surface area contributed by atoms with Crippen molar-refractivity contribution in [2.45, 2.75) is 24.9 Å². The summed E-state index contributed by atoms with van der Waals surface area (Å²) in [6.45, 7) is 5.86. The molecule has 3 aromatic rings. The average molecular weight is 535 g/mol. The summed E-state index contributed by atoms with van der Waals surface area (Å²) in [7, 11) is 3.51. The van der Waals surface area contributed by atoms with Crippen LogP contribution in [-0.4, -0.2) is 80.8 Å². The summed E-state index contributed by atoms with van der Waals surface area (Å²) in [6.07, 6.45) is 4.40. The molecule has 2 atom stereocenters. The van der Waals surface area contributed by atoms with Gasteiger partial charge in [-0.3, -0.25) is 9.69 Å². The van der Waals surface area contributed by atoms with Gasteiger partial charge in [-0.2, -0.15) is 0 Å². The number of anilines is 1. The zero-order valence-electron chi connectivity index (χ0n) is 21.5. The molecule has 9 nitrogen and oxygen atoms in total. The molecule has 0 saturated carbocycles. The highest BCUT2D eigenvalue weighted by Gasteiger charge is 2.37. The molecule has 5 rings (SSSR count). The third kappa shape index (κ3) is 4.60. The van der Waals surface area contributed by atoms with Crippen molar-refractivity contribution in [2.75, 3.05) is 39.1 Å². The van der Waals surface area contributed by atoms with Crippen LogP contribution in [0.5, 0.6) is 5.75 Å². The van der Waals surface area contributed by atoms with Gasteiger partial charge in [0.2, 0.25) is 5.91 Å². The first kappa shape index (κ1) is 26.0. The summed E-state index contributed by atoms with van der Waals surface area (Å²) in [5, 5.41) is 11.1. The highest BCUT2D eigenvalue weighted by Crippen LogP contribution is 2.39. The number of aliphatic hydroxyl groups is 1. The van der Waals surface area contributed by atoms with Crippen LogP contribution in [0.25, 0.3) is 22.2 Å². The number of ether oxygens (including phenoxy) is 1. The minimum Gasteiger partial charge on any atom is -0.495 e. The van der Waals surface area contributed by atoms with Crippen LogP contribution in [0.15, 0.2) is 37.2 Å². The molecule has 0 radical (unpaired) electrons. The number of nitrogens with two attached hydrogens (primary N) is 1. The number of methoxy groups -OCH3 is 1. The van der Waals surface area contributed by atoms with Crippen molar-refractivity contribution in [3.05, 3.63) is 47.9 Å². The van der Waals surface area contributed by atoms with Crippen molar-refractivity contribution < 1.29 is 14.6 Å². The number of hydrogen-bond donors (Lipinski definition) is 2. The number of aliphatic hydroxyl groups excluding tert-OH is 1. The van der Waals surface area contributed by atoms with E-state index in [0.29, 0.717) is 34.8 Å². The molecular weight excluding hydrogens is 504 g/mol. The lowest BCUT2D eigenvalue weighted by atomic mass is 9.90. The highest BCUT2D eigenvalue weighted by atomic mass is 35.5. The number of aromatic nitrogens is 3. The smallest absolute Gasteiger partial charge is 0.246 e. The standard InChI is InChI=1S/C28H31ClN6O3/c1-4-24(37)35-10-9-19(12-20(35)15-36)34-13-17(14-34)5-8-22-25(18-6-7-21(29)23(11-18)38-3)26-27(30)31-16-32-28(26)33(22)2/h4,6-7,11,16-17,19-20,36H,1,9-10,12-15H2,2-3H3,(H2,30,31,32)/t19?,20-/m0/s1. The van der Waals surface area contributed by atoms with Gasteiger partial charge in [0.1, 0.15) is 29.2 Å². The number of nitrogens with zero attached hydrogens (tertiary/aromatic N) is 5. The molecule has 0 spiro atoms. The Morgan fingerprint density at radius 3 is 2.87 bits per heavy atom. The van der Waals surface area contributed by atoms with Crippen molar-refractivity contribution in [1.82, 2.24) is 24.3 Å². The van der Waals surface area contributed by atoms with Gasteiger partial charge in [0.05, 0.1) is 30.2 Å². The number of carbonyl (C=O) groups is 1. The fourth-order valence-electron chi connectivity index (χ4n) is 5.53. The Balaban J connectivity index is 1.39. The summed E-state index contributed by atoms with van der Waals surface area (Å²) in [6, 6.07) is 5.74. The van der Waals surface area contributed by atoms with Gasteiger partial charge in [-0.05, 0) is 42.5 Å². The predicted octanol–water partition coefficient (Wildman–Crippen LogP) is 2.70. The van der Waals surface area contributed by atoms with Crippen LogP contribution in [0.2, 0.25) is 5.02 Å². The number of rotatable bonds is 5. The Kier molecular flexibility index (Phi) is 7.30. The minimum absolute atomic E-state index is 0.0432. The Labute approximate surface area is 226 Å². The molecule has 0 aliphatic carbocycles. The minimum atomic E-state index is -0.175. The Morgan fingerprint density at radius 2 is 2.16 bits per heavy atom. The van der Waals surface area contributed by atoms with Crippen LogP contribution < -0.4 is 10.5 Å². The van der Waals surface area contributed by atoms with Gasteiger partial charge in [-0.15, -0.1) is 0 Å². The quantitative estimate of drug-likeness (QED) is 0.382. The molecular formula is C28H31ClN6O3. The third-order valence-corrected chi connectivity index (χ3v) is 7.93. The topological polar surface area (TPSA) is 110 Å². The largest absolute Gasteiger partial charge is 0.495 e. The summed E-state index contributed by atoms with van der Waals surface area (Å²) in [4.78, 5) is 24.9. The molecule has 0 bridgehead atoms. The van der Waals surface area contributed by atoms with E-state index in [9.17, 15) is 9.90 Å². The molecule has 2 aliphatic heterocycles. The Bertz CT molecular complexity index is 1450. The van der Waals surface area contributed by atoms with Crippen LogP contribution in [-0.2, 0) is 11.8 Å². The Hall–Kier alpha value is -3.58. The summed E-state index contributed by atoms with van der Waals surface area (Å²) < 4.78 is 7.40. The van der Waals surface area contributed by atoms with E-state index >= 15 is 0 Å². The number of aryl methyl sites for hydroxylation is 1. The highest BCUT2D eigenvalue weighted by molar-refractivity contribution is 6.32. The van der Waals surface area contributed by atoms with Crippen LogP contribution in [0.4, 0.5) is 5.82 Å². The van der Waals surface area contributed by atoms with E-state index in [4.69, 9.17) is 22.1 Å². The first-order valence-corrected chi connectivity index (χ1v) is 13.0. The van der Waals surface area contributed by atoms with Gasteiger partial charge in [-0.25, -0.2) is 9.97 Å². The molecule has 10 heteroatoms. The first-order valence-electron chi connectivity index (χ1n) is 12.6. The second-order valence-corrected chi connectivity index (χ2v) is 10.2. The molecule has 1 unspecified atom stereocenters. The summed E-state index contributed by atoms with van der Waals surface area (Å²) in [5.41, 5.74) is 9.53. The molecule has 38 heavy (non-hydrogen) atoms. The molecule has 198 valence electrons. The molecule has 1 amide bonds. The zero-order valence-corrected chi connectivity index (χ0v) is 22.3. The molecule has 2 fully saturated rings. The summed E-state index contributed by atoms with van der Waals surface area (Å²) >= 11 is 6.28. The van der Waals surface area contributed by atoms with E-state index < -0.39 is 0 Å². The lowest BCUT2D eigenvalue weighted by Crippen LogP contribution is -2.58. The maximum absolute atomic E-state index is 12.1. The van der Waals surface area contributed by atoms with Gasteiger partial charge in [0.25, 0.3) is 0 Å². The Morgan fingerprint density at radius 1 is 1.37 bits per heavy atom. The maximum Gasteiger partial charge on any atom is 0.246 e.